The number of hydrogen-bond donors (Lipinski definition) is 1. The van der Waals surface area contributed by atoms with Gasteiger partial charge in [0.15, 0.2) is 0 Å². The van der Waals surface area contributed by atoms with Crippen molar-refractivity contribution < 1.29 is 14.6 Å². The molecule has 2 aromatic rings. The molecule has 0 aliphatic carbocycles. The number of rotatable bonds is 8. The number of methoxy groups -OCH3 is 1. The Morgan fingerprint density at radius 3 is 2.19 bits per heavy atom. The van der Waals surface area contributed by atoms with Crippen molar-refractivity contribution in [2.75, 3.05) is 7.11 Å². The number of benzene rings is 1. The standard InChI is InChI=1S/C27H40O3S/c1-10-27(11-2,22-16-18(4)23(31-22)25(29)30-9)21-13-12-20(17(3)15-21)14-19(5)24(28)26(6,7)8/h12-13,15-16,19,24,28H,10-11,14H2,1-9H3. The van der Waals surface area contributed by atoms with Gasteiger partial charge < -0.3 is 9.84 Å². The summed E-state index contributed by atoms with van der Waals surface area (Å²) < 4.78 is 4.98. The minimum absolute atomic E-state index is 0.123. The molecule has 172 valence electrons. The molecule has 0 aliphatic rings. The van der Waals surface area contributed by atoms with E-state index < -0.39 is 0 Å². The van der Waals surface area contributed by atoms with E-state index in [9.17, 15) is 9.90 Å². The lowest BCUT2D eigenvalue weighted by Crippen LogP contribution is -2.33. The van der Waals surface area contributed by atoms with Crippen LogP contribution in [0.25, 0.3) is 0 Å². The van der Waals surface area contributed by atoms with Crippen molar-refractivity contribution in [2.24, 2.45) is 11.3 Å². The van der Waals surface area contributed by atoms with Gasteiger partial charge in [0.2, 0.25) is 0 Å². The first kappa shape index (κ1) is 25.6. The highest BCUT2D eigenvalue weighted by Gasteiger charge is 2.34. The lowest BCUT2D eigenvalue weighted by atomic mass is 9.73. The molecule has 0 fully saturated rings. The fourth-order valence-electron chi connectivity index (χ4n) is 4.70. The zero-order chi connectivity index (χ0) is 23.6. The van der Waals surface area contributed by atoms with Crippen molar-refractivity contribution in [3.05, 3.63) is 56.3 Å². The molecular formula is C27H40O3S. The Hall–Kier alpha value is -1.65. The minimum atomic E-state index is -0.345. The molecule has 3 nitrogen and oxygen atoms in total. The van der Waals surface area contributed by atoms with E-state index in [1.807, 2.05) is 6.92 Å². The van der Waals surface area contributed by atoms with Gasteiger partial charge in [0, 0.05) is 10.3 Å². The number of hydrogen-bond acceptors (Lipinski definition) is 4. The highest BCUT2D eigenvalue weighted by Crippen LogP contribution is 2.44. The Labute approximate surface area is 192 Å². The molecule has 0 radical (unpaired) electrons. The maximum atomic E-state index is 12.2. The number of carbonyl (C=O) groups is 1. The third-order valence-corrected chi connectivity index (χ3v) is 8.25. The number of aliphatic hydroxyl groups is 1. The van der Waals surface area contributed by atoms with Crippen molar-refractivity contribution in [2.45, 2.75) is 86.2 Å². The first-order chi connectivity index (χ1) is 14.4. The molecule has 2 atom stereocenters. The number of esters is 1. The number of ether oxygens (including phenoxy) is 1. The molecule has 1 aromatic heterocycles. The predicted molar refractivity (Wildman–Crippen MR) is 131 cm³/mol. The average Bonchev–Trinajstić information content (AvgIpc) is 3.11. The van der Waals surface area contributed by atoms with Crippen LogP contribution in [0.3, 0.4) is 0 Å². The fourth-order valence-corrected chi connectivity index (χ4v) is 6.14. The van der Waals surface area contributed by atoms with Crippen molar-refractivity contribution in [3.8, 4) is 0 Å². The third-order valence-electron chi connectivity index (χ3n) is 6.83. The summed E-state index contributed by atoms with van der Waals surface area (Å²) in [5.74, 6) is -0.0676. The second-order valence-corrected chi connectivity index (χ2v) is 11.1. The molecule has 31 heavy (non-hydrogen) atoms. The van der Waals surface area contributed by atoms with E-state index in [0.29, 0.717) is 4.88 Å². The van der Waals surface area contributed by atoms with Crippen molar-refractivity contribution in [1.29, 1.82) is 0 Å². The van der Waals surface area contributed by atoms with Crippen LogP contribution in [0, 0.1) is 25.2 Å². The fraction of sp³-hybridized carbons (Fsp3) is 0.593. The molecule has 0 aliphatic heterocycles. The quantitative estimate of drug-likeness (QED) is 0.453. The van der Waals surface area contributed by atoms with Crippen LogP contribution in [0.1, 0.15) is 91.2 Å². The van der Waals surface area contributed by atoms with E-state index in [1.165, 1.54) is 28.7 Å². The molecule has 0 bridgehead atoms. The molecule has 0 spiro atoms. The van der Waals surface area contributed by atoms with Crippen LogP contribution in [0.4, 0.5) is 0 Å². The van der Waals surface area contributed by atoms with E-state index in [2.05, 4.69) is 72.7 Å². The summed E-state index contributed by atoms with van der Waals surface area (Å²) >= 11 is 1.56. The molecule has 2 unspecified atom stereocenters. The first-order valence-corrected chi connectivity index (χ1v) is 12.2. The zero-order valence-corrected chi connectivity index (χ0v) is 21.6. The van der Waals surface area contributed by atoms with Gasteiger partial charge in [0.05, 0.1) is 13.2 Å². The van der Waals surface area contributed by atoms with Crippen LogP contribution < -0.4 is 0 Å². The lowest BCUT2D eigenvalue weighted by molar-refractivity contribution is 0.0182. The van der Waals surface area contributed by atoms with Crippen molar-refractivity contribution in [1.82, 2.24) is 0 Å². The summed E-state index contributed by atoms with van der Waals surface area (Å²) in [6, 6.07) is 8.96. The topological polar surface area (TPSA) is 46.5 Å². The molecular weight excluding hydrogens is 404 g/mol. The summed E-state index contributed by atoms with van der Waals surface area (Å²) in [7, 11) is 1.44. The number of thiophene rings is 1. The Bertz CT molecular complexity index is 900. The lowest BCUT2D eigenvalue weighted by Gasteiger charge is -2.33. The van der Waals surface area contributed by atoms with Gasteiger partial charge in [-0.3, -0.25) is 0 Å². The van der Waals surface area contributed by atoms with Gasteiger partial charge in [-0.1, -0.05) is 59.7 Å². The van der Waals surface area contributed by atoms with Gasteiger partial charge in [-0.05, 0) is 72.8 Å². The Morgan fingerprint density at radius 1 is 1.10 bits per heavy atom. The molecule has 0 saturated carbocycles. The number of carbonyl (C=O) groups excluding carboxylic acids is 1. The maximum Gasteiger partial charge on any atom is 0.348 e. The van der Waals surface area contributed by atoms with Gasteiger partial charge in [-0.2, -0.15) is 0 Å². The molecule has 1 N–H and O–H groups in total. The summed E-state index contributed by atoms with van der Waals surface area (Å²) in [6.45, 7) is 17.0. The predicted octanol–water partition coefficient (Wildman–Crippen LogP) is 6.84. The van der Waals surface area contributed by atoms with Crippen molar-refractivity contribution in [3.63, 3.8) is 0 Å². The monoisotopic (exact) mass is 444 g/mol. The third kappa shape index (κ3) is 5.23. The minimum Gasteiger partial charge on any atom is -0.465 e. The van der Waals surface area contributed by atoms with E-state index in [1.54, 1.807) is 11.3 Å². The van der Waals surface area contributed by atoms with E-state index in [4.69, 9.17) is 4.74 Å². The van der Waals surface area contributed by atoms with Crippen LogP contribution in [0.15, 0.2) is 24.3 Å². The van der Waals surface area contributed by atoms with Gasteiger partial charge in [0.25, 0.3) is 0 Å². The zero-order valence-electron chi connectivity index (χ0n) is 20.8. The second-order valence-electron chi connectivity index (χ2n) is 10.0. The summed E-state index contributed by atoms with van der Waals surface area (Å²) in [6.07, 6.45) is 2.44. The largest absolute Gasteiger partial charge is 0.465 e. The van der Waals surface area contributed by atoms with Crippen LogP contribution in [0.2, 0.25) is 0 Å². The summed E-state index contributed by atoms with van der Waals surface area (Å²) in [5, 5.41) is 10.7. The van der Waals surface area contributed by atoms with Crippen LogP contribution in [-0.4, -0.2) is 24.3 Å². The summed E-state index contributed by atoms with van der Waals surface area (Å²) in [5.41, 5.74) is 4.58. The van der Waals surface area contributed by atoms with Gasteiger partial charge >= 0.3 is 5.97 Å². The highest BCUT2D eigenvalue weighted by atomic mass is 32.1. The van der Waals surface area contributed by atoms with Crippen molar-refractivity contribution >= 4 is 17.3 Å². The molecule has 0 saturated heterocycles. The second kappa shape index (κ2) is 9.87. The Balaban J connectivity index is 2.43. The SMILES string of the molecule is CCC(CC)(c1ccc(CC(C)C(O)C(C)(C)C)c(C)c1)c1cc(C)c(C(=O)OC)s1. The molecule has 1 aromatic carbocycles. The van der Waals surface area contributed by atoms with Crippen LogP contribution in [0.5, 0.6) is 0 Å². The van der Waals surface area contributed by atoms with Gasteiger partial charge in [-0.25, -0.2) is 4.79 Å². The molecule has 2 rings (SSSR count). The normalized spacial score (nSPS) is 14.4. The summed E-state index contributed by atoms with van der Waals surface area (Å²) in [4.78, 5) is 14.1. The first-order valence-electron chi connectivity index (χ1n) is 11.4. The van der Waals surface area contributed by atoms with Crippen LogP contribution in [-0.2, 0) is 16.6 Å². The van der Waals surface area contributed by atoms with Gasteiger partial charge in [0.1, 0.15) is 4.88 Å². The molecule has 4 heteroatoms. The smallest absolute Gasteiger partial charge is 0.348 e. The van der Waals surface area contributed by atoms with E-state index in [0.717, 1.165) is 24.8 Å². The number of aryl methyl sites for hydroxylation is 2. The number of aliphatic hydroxyl groups excluding tert-OH is 1. The van der Waals surface area contributed by atoms with E-state index >= 15 is 0 Å². The Morgan fingerprint density at radius 2 is 1.71 bits per heavy atom. The Kier molecular flexibility index (Phi) is 8.15. The highest BCUT2D eigenvalue weighted by molar-refractivity contribution is 7.14. The van der Waals surface area contributed by atoms with Gasteiger partial charge in [-0.15, -0.1) is 11.3 Å². The van der Waals surface area contributed by atoms with Crippen LogP contribution >= 0.6 is 11.3 Å². The molecule has 1 heterocycles. The van der Waals surface area contributed by atoms with E-state index in [-0.39, 0.29) is 28.8 Å². The maximum absolute atomic E-state index is 12.2. The molecule has 0 amide bonds. The average molecular weight is 445 g/mol.